The van der Waals surface area contributed by atoms with Gasteiger partial charge >= 0.3 is 0 Å². The molecule has 4 rings (SSSR count). The number of rotatable bonds is 1. The van der Waals surface area contributed by atoms with E-state index >= 15 is 0 Å². The Morgan fingerprint density at radius 2 is 1.90 bits per heavy atom. The van der Waals surface area contributed by atoms with E-state index in [1.165, 1.54) is 0 Å². The maximum absolute atomic E-state index is 13.2. The molecule has 1 amide bonds. The van der Waals surface area contributed by atoms with Crippen LogP contribution in [-0.4, -0.2) is 35.8 Å². The average Bonchev–Trinajstić information content (AvgIpc) is 2.67. The van der Waals surface area contributed by atoms with Crippen LogP contribution in [0.1, 0.15) is 49.9 Å². The van der Waals surface area contributed by atoms with Crippen LogP contribution >= 0.6 is 0 Å². The number of Topliss-reactive ketones (excluding diaryl/α,β-unsaturated/α-hetero) is 1. The average molecular weight is 393 g/mol. The molecule has 0 aromatic heterocycles. The summed E-state index contributed by atoms with van der Waals surface area (Å²) in [6.07, 6.45) is 2.00. The first-order valence-electron chi connectivity index (χ1n) is 10.2. The summed E-state index contributed by atoms with van der Waals surface area (Å²) in [5.74, 6) is -0.0847. The van der Waals surface area contributed by atoms with Crippen LogP contribution < -0.4 is 5.73 Å². The Kier molecular flexibility index (Phi) is 4.65. The third-order valence-corrected chi connectivity index (χ3v) is 6.82. The van der Waals surface area contributed by atoms with Gasteiger partial charge in [-0.25, -0.2) is 0 Å². The molecule has 0 unspecified atom stereocenters. The lowest BCUT2D eigenvalue weighted by molar-refractivity contribution is -0.149. The van der Waals surface area contributed by atoms with Gasteiger partial charge in [0.05, 0.1) is 11.5 Å². The molecule has 6 nitrogen and oxygen atoms in total. The molecule has 0 radical (unpaired) electrons. The molecular formula is C23H27N3O3. The van der Waals surface area contributed by atoms with Crippen molar-refractivity contribution in [3.63, 3.8) is 0 Å². The van der Waals surface area contributed by atoms with Gasteiger partial charge in [0, 0.05) is 30.5 Å². The molecule has 2 atom stereocenters. The maximum Gasteiger partial charge on any atom is 0.253 e. The molecule has 1 aliphatic carbocycles. The molecule has 29 heavy (non-hydrogen) atoms. The highest BCUT2D eigenvalue weighted by Gasteiger charge is 2.58. The van der Waals surface area contributed by atoms with Crippen molar-refractivity contribution in [2.75, 3.05) is 13.1 Å². The lowest BCUT2D eigenvalue weighted by Gasteiger charge is -2.53. The fraction of sp³-hybridized carbons (Fsp3) is 0.522. The van der Waals surface area contributed by atoms with Gasteiger partial charge in [-0.2, -0.15) is 5.26 Å². The van der Waals surface area contributed by atoms with Crippen molar-refractivity contribution in [3.8, 4) is 6.07 Å². The normalized spacial score (nSPS) is 27.8. The zero-order chi connectivity index (χ0) is 20.8. The Balaban J connectivity index is 1.64. The zero-order valence-electron chi connectivity index (χ0n) is 17.0. The number of fused-ring (bicyclic) bond motifs is 2. The summed E-state index contributed by atoms with van der Waals surface area (Å²) in [7, 11) is 0. The van der Waals surface area contributed by atoms with Gasteiger partial charge in [-0.3, -0.25) is 9.59 Å². The van der Waals surface area contributed by atoms with Crippen LogP contribution in [0.15, 0.2) is 41.8 Å². The Hall–Kier alpha value is -2.81. The summed E-state index contributed by atoms with van der Waals surface area (Å²) >= 11 is 0. The number of amides is 1. The van der Waals surface area contributed by atoms with E-state index in [2.05, 4.69) is 19.9 Å². The third kappa shape index (κ3) is 3.19. The molecule has 1 aromatic carbocycles. The van der Waals surface area contributed by atoms with E-state index in [4.69, 9.17) is 10.5 Å². The van der Waals surface area contributed by atoms with E-state index in [0.29, 0.717) is 43.5 Å². The number of piperidine rings is 1. The molecular weight excluding hydrogens is 366 g/mol. The molecule has 2 heterocycles. The number of nitrogens with zero attached hydrogens (tertiary/aromatic N) is 2. The van der Waals surface area contributed by atoms with Crippen molar-refractivity contribution < 1.29 is 14.3 Å². The number of likely N-dealkylation sites (tertiary alicyclic amines) is 1. The van der Waals surface area contributed by atoms with Crippen molar-refractivity contribution in [1.29, 1.82) is 5.26 Å². The minimum atomic E-state index is -0.636. The third-order valence-electron chi connectivity index (χ3n) is 6.82. The second kappa shape index (κ2) is 6.91. The van der Waals surface area contributed by atoms with Crippen molar-refractivity contribution >= 4 is 11.7 Å². The van der Waals surface area contributed by atoms with Crippen molar-refractivity contribution in [3.05, 3.63) is 47.4 Å². The summed E-state index contributed by atoms with van der Waals surface area (Å²) in [5, 5.41) is 9.85. The van der Waals surface area contributed by atoms with Gasteiger partial charge in [-0.1, -0.05) is 32.0 Å². The summed E-state index contributed by atoms with van der Waals surface area (Å²) in [6.45, 7) is 5.12. The number of nitrogens with two attached hydrogens (primary N) is 1. The van der Waals surface area contributed by atoms with E-state index < -0.39 is 5.41 Å². The quantitative estimate of drug-likeness (QED) is 0.791. The molecule has 2 N–H and O–H groups in total. The van der Waals surface area contributed by atoms with E-state index in [1.54, 1.807) is 0 Å². The number of hydrogen-bond acceptors (Lipinski definition) is 5. The van der Waals surface area contributed by atoms with Crippen molar-refractivity contribution in [2.45, 2.75) is 45.6 Å². The van der Waals surface area contributed by atoms with Crippen molar-refractivity contribution in [1.82, 2.24) is 4.90 Å². The van der Waals surface area contributed by atoms with Crippen LogP contribution in [0, 0.1) is 28.1 Å². The Labute approximate surface area is 171 Å². The van der Waals surface area contributed by atoms with Crippen LogP contribution in [0.3, 0.4) is 0 Å². The van der Waals surface area contributed by atoms with Gasteiger partial charge in [-0.05, 0) is 36.8 Å². The number of benzene rings is 1. The van der Waals surface area contributed by atoms with E-state index in [-0.39, 0.29) is 35.0 Å². The highest BCUT2D eigenvalue weighted by atomic mass is 16.5. The number of allylic oxidation sites excluding steroid dienone is 1. The highest BCUT2D eigenvalue weighted by Crippen LogP contribution is 2.55. The number of ether oxygens (including phenoxy) is 1. The Morgan fingerprint density at radius 1 is 1.24 bits per heavy atom. The summed E-state index contributed by atoms with van der Waals surface area (Å²) in [5.41, 5.74) is 6.42. The largest absolute Gasteiger partial charge is 0.474 e. The van der Waals surface area contributed by atoms with E-state index in [0.717, 1.165) is 6.42 Å². The summed E-state index contributed by atoms with van der Waals surface area (Å²) in [4.78, 5) is 27.9. The zero-order valence-corrected chi connectivity index (χ0v) is 17.0. The standard InChI is InChI=1S/C23H27N3O3/c1-22(2)12-17(27)19-18(13-22)29-20(25)16(14-24)23(19)8-10-26(11-9-23)21(28)15-6-4-3-5-7-15/h3-7,18-19H,8-13,25H2,1-2H3/t18-,19+/m1/s1. The predicted octanol–water partition coefficient (Wildman–Crippen LogP) is 3.01. The first kappa shape index (κ1) is 19.5. The minimum Gasteiger partial charge on any atom is -0.474 e. The van der Waals surface area contributed by atoms with Crippen LogP contribution in [0.2, 0.25) is 0 Å². The number of carbonyl (C=O) groups excluding carboxylic acids is 2. The molecule has 1 saturated carbocycles. The van der Waals surface area contributed by atoms with Crippen molar-refractivity contribution in [2.24, 2.45) is 22.5 Å². The van der Waals surface area contributed by atoms with Gasteiger partial charge in [-0.15, -0.1) is 0 Å². The molecule has 152 valence electrons. The number of ketones is 1. The van der Waals surface area contributed by atoms with Crippen LogP contribution in [0.5, 0.6) is 0 Å². The van der Waals surface area contributed by atoms with Gasteiger partial charge < -0.3 is 15.4 Å². The highest BCUT2D eigenvalue weighted by molar-refractivity contribution is 5.94. The molecule has 1 spiro atoms. The lowest BCUT2D eigenvalue weighted by Crippen LogP contribution is -2.58. The van der Waals surface area contributed by atoms with Gasteiger partial charge in [0.2, 0.25) is 0 Å². The number of hydrogen-bond donors (Lipinski definition) is 1. The number of carbonyl (C=O) groups is 2. The van der Waals surface area contributed by atoms with Gasteiger partial charge in [0.25, 0.3) is 5.91 Å². The van der Waals surface area contributed by atoms with Crippen LogP contribution in [0.4, 0.5) is 0 Å². The Morgan fingerprint density at radius 3 is 2.52 bits per heavy atom. The van der Waals surface area contributed by atoms with Crippen LogP contribution in [0.25, 0.3) is 0 Å². The lowest BCUT2D eigenvalue weighted by atomic mass is 9.55. The maximum atomic E-state index is 13.2. The second-order valence-electron chi connectivity index (χ2n) is 9.31. The first-order valence-corrected chi connectivity index (χ1v) is 10.2. The summed E-state index contributed by atoms with van der Waals surface area (Å²) < 4.78 is 5.90. The fourth-order valence-electron chi connectivity index (χ4n) is 5.52. The van der Waals surface area contributed by atoms with E-state index in [1.807, 2.05) is 35.2 Å². The number of nitriles is 1. The monoisotopic (exact) mass is 393 g/mol. The van der Waals surface area contributed by atoms with E-state index in [9.17, 15) is 14.9 Å². The smallest absolute Gasteiger partial charge is 0.253 e. The fourth-order valence-corrected chi connectivity index (χ4v) is 5.52. The molecule has 1 saturated heterocycles. The molecule has 2 aliphatic heterocycles. The van der Waals surface area contributed by atoms with Gasteiger partial charge in [0.1, 0.15) is 18.0 Å². The topological polar surface area (TPSA) is 96.4 Å². The predicted molar refractivity (Wildman–Crippen MR) is 107 cm³/mol. The SMILES string of the molecule is CC1(C)CC(=O)[C@H]2[C@@H](C1)OC(N)=C(C#N)C21CCN(C(=O)c2ccccc2)CC1. The molecule has 1 aromatic rings. The van der Waals surface area contributed by atoms with Gasteiger partial charge in [0.15, 0.2) is 5.88 Å². The molecule has 0 bridgehead atoms. The Bertz CT molecular complexity index is 905. The molecule has 2 fully saturated rings. The van der Waals surface area contributed by atoms with Crippen LogP contribution in [-0.2, 0) is 9.53 Å². The second-order valence-corrected chi connectivity index (χ2v) is 9.31. The minimum absolute atomic E-state index is 0.0179. The molecule has 6 heteroatoms. The molecule has 3 aliphatic rings. The first-order chi connectivity index (χ1) is 13.8. The summed E-state index contributed by atoms with van der Waals surface area (Å²) in [6, 6.07) is 11.4.